The van der Waals surface area contributed by atoms with E-state index >= 15 is 0 Å². The van der Waals surface area contributed by atoms with Gasteiger partial charge in [0, 0.05) is 17.7 Å². The quantitative estimate of drug-likeness (QED) is 0.458. The minimum Gasteiger partial charge on any atom is -0.362 e. The molecule has 0 fully saturated rings. The summed E-state index contributed by atoms with van der Waals surface area (Å²) < 4.78 is 38.3. The highest BCUT2D eigenvalue weighted by atomic mass is 19.4. The zero-order valence-electron chi connectivity index (χ0n) is 17.9. The van der Waals surface area contributed by atoms with E-state index in [1.807, 2.05) is 25.1 Å². The van der Waals surface area contributed by atoms with Crippen molar-refractivity contribution >= 4 is 11.7 Å². The van der Waals surface area contributed by atoms with E-state index in [-0.39, 0.29) is 11.9 Å². The Kier molecular flexibility index (Phi) is 7.45. The molecule has 0 radical (unpaired) electrons. The molecule has 0 aliphatic rings. The second-order valence-electron chi connectivity index (χ2n) is 7.29. The number of halogens is 3. The van der Waals surface area contributed by atoms with Crippen molar-refractivity contribution < 1.29 is 18.0 Å². The number of hydrogen-bond acceptors (Lipinski definition) is 4. The maximum Gasteiger partial charge on any atom is 0.416 e. The molecule has 0 saturated heterocycles. The standard InChI is InChI=1S/C24H25F3N4O/c1-3-7-20(18-8-5-6-9-19(18)23(32)28-4-2)31-22-15-29-21(14-30-22)16-10-12-17(13-11-16)24(25,26)27/h5-6,8-15,20H,3-4,7H2,1-2H3,(H,28,32)(H,30,31). The third-order valence-corrected chi connectivity index (χ3v) is 4.98. The van der Waals surface area contributed by atoms with Gasteiger partial charge in [0.05, 0.1) is 29.7 Å². The van der Waals surface area contributed by atoms with Crippen LogP contribution >= 0.6 is 0 Å². The SMILES string of the molecule is CCCC(Nc1cnc(-c2ccc(C(F)(F)F)cc2)cn1)c1ccccc1C(=O)NCC. The van der Waals surface area contributed by atoms with Gasteiger partial charge in [-0.25, -0.2) is 4.98 Å². The van der Waals surface area contributed by atoms with E-state index in [1.165, 1.54) is 18.3 Å². The number of aromatic nitrogens is 2. The van der Waals surface area contributed by atoms with Crippen LogP contribution in [0.2, 0.25) is 0 Å². The average molecular weight is 442 g/mol. The first kappa shape index (κ1) is 23.2. The first-order valence-corrected chi connectivity index (χ1v) is 10.5. The van der Waals surface area contributed by atoms with E-state index in [2.05, 4.69) is 27.5 Å². The van der Waals surface area contributed by atoms with Gasteiger partial charge in [-0.1, -0.05) is 43.7 Å². The number of carbonyl (C=O) groups is 1. The van der Waals surface area contributed by atoms with Crippen molar-refractivity contribution in [1.29, 1.82) is 0 Å². The lowest BCUT2D eigenvalue weighted by atomic mass is 9.96. The smallest absolute Gasteiger partial charge is 0.362 e. The molecular weight excluding hydrogens is 417 g/mol. The van der Waals surface area contributed by atoms with Gasteiger partial charge in [-0.2, -0.15) is 13.2 Å². The van der Waals surface area contributed by atoms with Gasteiger partial charge in [0.15, 0.2) is 0 Å². The fraction of sp³-hybridized carbons (Fsp3) is 0.292. The topological polar surface area (TPSA) is 66.9 Å². The number of rotatable bonds is 8. The highest BCUT2D eigenvalue weighted by Gasteiger charge is 2.30. The van der Waals surface area contributed by atoms with Gasteiger partial charge in [-0.05, 0) is 37.1 Å². The molecule has 1 unspecified atom stereocenters. The number of benzene rings is 2. The van der Waals surface area contributed by atoms with E-state index in [0.717, 1.165) is 30.5 Å². The van der Waals surface area contributed by atoms with Gasteiger partial charge in [0.25, 0.3) is 5.91 Å². The molecule has 2 N–H and O–H groups in total. The number of amides is 1. The van der Waals surface area contributed by atoms with Gasteiger partial charge in [0.2, 0.25) is 0 Å². The Morgan fingerprint density at radius 3 is 2.31 bits per heavy atom. The van der Waals surface area contributed by atoms with E-state index in [9.17, 15) is 18.0 Å². The van der Waals surface area contributed by atoms with Gasteiger partial charge in [0.1, 0.15) is 5.82 Å². The summed E-state index contributed by atoms with van der Waals surface area (Å²) in [7, 11) is 0. The summed E-state index contributed by atoms with van der Waals surface area (Å²) in [5.41, 5.74) is 1.78. The Labute approximate surface area is 185 Å². The van der Waals surface area contributed by atoms with E-state index in [4.69, 9.17) is 0 Å². The van der Waals surface area contributed by atoms with E-state index in [0.29, 0.717) is 29.2 Å². The Morgan fingerprint density at radius 1 is 1.00 bits per heavy atom. The van der Waals surface area contributed by atoms with Crippen LogP contribution < -0.4 is 10.6 Å². The molecule has 3 aromatic rings. The molecule has 0 aliphatic carbocycles. The molecule has 0 saturated carbocycles. The molecule has 0 aliphatic heterocycles. The van der Waals surface area contributed by atoms with Crippen molar-refractivity contribution in [2.45, 2.75) is 38.9 Å². The van der Waals surface area contributed by atoms with Crippen LogP contribution in [0.5, 0.6) is 0 Å². The monoisotopic (exact) mass is 442 g/mol. The Hall–Kier alpha value is -3.42. The van der Waals surface area contributed by atoms with Crippen LogP contribution in [0, 0.1) is 0 Å². The highest BCUT2D eigenvalue weighted by Crippen LogP contribution is 2.31. The number of alkyl halides is 3. The Morgan fingerprint density at radius 2 is 1.72 bits per heavy atom. The first-order valence-electron chi connectivity index (χ1n) is 10.5. The van der Waals surface area contributed by atoms with Gasteiger partial charge < -0.3 is 10.6 Å². The van der Waals surface area contributed by atoms with Crippen LogP contribution in [-0.4, -0.2) is 22.4 Å². The molecule has 2 aromatic carbocycles. The van der Waals surface area contributed by atoms with Crippen molar-refractivity contribution in [2.75, 3.05) is 11.9 Å². The normalized spacial score (nSPS) is 12.3. The third-order valence-electron chi connectivity index (χ3n) is 4.98. The number of anilines is 1. The zero-order valence-corrected chi connectivity index (χ0v) is 17.9. The molecule has 1 heterocycles. The Bertz CT molecular complexity index is 1030. The lowest BCUT2D eigenvalue weighted by molar-refractivity contribution is -0.137. The van der Waals surface area contributed by atoms with Crippen molar-refractivity contribution in [3.63, 3.8) is 0 Å². The third kappa shape index (κ3) is 5.63. The fourth-order valence-corrected chi connectivity index (χ4v) is 3.42. The summed E-state index contributed by atoms with van der Waals surface area (Å²) >= 11 is 0. The number of hydrogen-bond donors (Lipinski definition) is 2. The predicted molar refractivity (Wildman–Crippen MR) is 118 cm³/mol. The molecule has 8 heteroatoms. The van der Waals surface area contributed by atoms with Crippen molar-refractivity contribution in [3.05, 3.63) is 77.6 Å². The predicted octanol–water partition coefficient (Wildman–Crippen LogP) is 5.87. The molecule has 0 bridgehead atoms. The van der Waals surface area contributed by atoms with Crippen LogP contribution in [0.1, 0.15) is 54.2 Å². The molecule has 1 aromatic heterocycles. The molecule has 168 valence electrons. The maximum absolute atomic E-state index is 12.8. The summed E-state index contributed by atoms with van der Waals surface area (Å²) in [5, 5.41) is 6.18. The molecular formula is C24H25F3N4O. The van der Waals surface area contributed by atoms with Crippen molar-refractivity contribution in [1.82, 2.24) is 15.3 Å². The molecule has 3 rings (SSSR count). The summed E-state index contributed by atoms with van der Waals surface area (Å²) in [4.78, 5) is 21.2. The van der Waals surface area contributed by atoms with Crippen LogP contribution in [0.15, 0.2) is 60.9 Å². The van der Waals surface area contributed by atoms with Gasteiger partial charge >= 0.3 is 6.18 Å². The second-order valence-corrected chi connectivity index (χ2v) is 7.29. The minimum absolute atomic E-state index is 0.130. The molecule has 5 nitrogen and oxygen atoms in total. The van der Waals surface area contributed by atoms with Crippen LogP contribution in [0.4, 0.5) is 19.0 Å². The molecule has 1 amide bonds. The summed E-state index contributed by atoms with van der Waals surface area (Å²) in [6, 6.07) is 12.1. The molecule has 0 spiro atoms. The van der Waals surface area contributed by atoms with Gasteiger partial charge in [-0.15, -0.1) is 0 Å². The summed E-state index contributed by atoms with van der Waals surface area (Å²) in [5.74, 6) is 0.388. The zero-order chi connectivity index (χ0) is 23.1. The summed E-state index contributed by atoms with van der Waals surface area (Å²) in [6.07, 6.45) is 0.349. The number of nitrogens with zero attached hydrogens (tertiary/aromatic N) is 2. The molecule has 32 heavy (non-hydrogen) atoms. The van der Waals surface area contributed by atoms with Crippen molar-refractivity contribution in [3.8, 4) is 11.3 Å². The molecule has 1 atom stereocenters. The van der Waals surface area contributed by atoms with Crippen LogP contribution in [0.25, 0.3) is 11.3 Å². The minimum atomic E-state index is -4.38. The fourth-order valence-electron chi connectivity index (χ4n) is 3.42. The van der Waals surface area contributed by atoms with Crippen molar-refractivity contribution in [2.24, 2.45) is 0 Å². The maximum atomic E-state index is 12.8. The Balaban J connectivity index is 1.81. The van der Waals surface area contributed by atoms with Crippen LogP contribution in [0.3, 0.4) is 0 Å². The van der Waals surface area contributed by atoms with E-state index < -0.39 is 11.7 Å². The number of nitrogens with one attached hydrogen (secondary N) is 2. The average Bonchev–Trinajstić information content (AvgIpc) is 2.79. The summed E-state index contributed by atoms with van der Waals surface area (Å²) in [6.45, 7) is 4.47. The first-order chi connectivity index (χ1) is 15.3. The second kappa shape index (κ2) is 10.3. The van der Waals surface area contributed by atoms with Gasteiger partial charge in [-0.3, -0.25) is 9.78 Å². The van der Waals surface area contributed by atoms with E-state index in [1.54, 1.807) is 12.3 Å². The highest BCUT2D eigenvalue weighted by molar-refractivity contribution is 5.95. The lowest BCUT2D eigenvalue weighted by Crippen LogP contribution is -2.25. The largest absolute Gasteiger partial charge is 0.416 e. The lowest BCUT2D eigenvalue weighted by Gasteiger charge is -2.21. The number of carbonyl (C=O) groups excluding carboxylic acids is 1. The van der Waals surface area contributed by atoms with Crippen LogP contribution in [-0.2, 0) is 6.18 Å².